The van der Waals surface area contributed by atoms with Gasteiger partial charge in [-0.2, -0.15) is 0 Å². The van der Waals surface area contributed by atoms with Gasteiger partial charge in [0.2, 0.25) is 11.8 Å². The van der Waals surface area contributed by atoms with Gasteiger partial charge in [-0.1, -0.05) is 13.8 Å². The van der Waals surface area contributed by atoms with Gasteiger partial charge >= 0.3 is 0 Å². The van der Waals surface area contributed by atoms with Crippen LogP contribution in [-0.4, -0.2) is 41.3 Å². The fraction of sp³-hybridized carbons (Fsp3) is 0.562. The molecular formula is C16H25N3O2. The summed E-state index contributed by atoms with van der Waals surface area (Å²) in [5, 5.41) is 2.82. The molecule has 0 spiro atoms. The van der Waals surface area contributed by atoms with E-state index in [9.17, 15) is 9.59 Å². The summed E-state index contributed by atoms with van der Waals surface area (Å²) in [4.78, 5) is 30.1. The van der Waals surface area contributed by atoms with Gasteiger partial charge in [-0.15, -0.1) is 0 Å². The maximum atomic E-state index is 12.5. The number of hydrogen-bond acceptors (Lipinski definition) is 3. The molecule has 21 heavy (non-hydrogen) atoms. The molecule has 0 saturated carbocycles. The number of carbonyl (C=O) groups is 2. The van der Waals surface area contributed by atoms with Crippen molar-refractivity contribution in [3.8, 4) is 0 Å². The van der Waals surface area contributed by atoms with E-state index in [2.05, 4.69) is 10.3 Å². The second kappa shape index (κ2) is 7.76. The molecule has 2 amide bonds. The Morgan fingerprint density at radius 1 is 1.24 bits per heavy atom. The van der Waals surface area contributed by atoms with Crippen LogP contribution in [0.15, 0.2) is 24.5 Å². The highest BCUT2D eigenvalue weighted by Crippen LogP contribution is 2.24. The molecule has 0 aliphatic rings. The van der Waals surface area contributed by atoms with Gasteiger partial charge in [-0.3, -0.25) is 14.6 Å². The number of rotatable bonds is 6. The summed E-state index contributed by atoms with van der Waals surface area (Å²) in [6.45, 7) is 8.23. The third-order valence-electron chi connectivity index (χ3n) is 3.59. The van der Waals surface area contributed by atoms with Crippen LogP contribution in [0.1, 0.15) is 39.2 Å². The number of hydrogen-bond donors (Lipinski definition) is 1. The first-order valence-electron chi connectivity index (χ1n) is 7.33. The smallest absolute Gasteiger partial charge is 0.244 e. The van der Waals surface area contributed by atoms with Crippen molar-refractivity contribution >= 4 is 11.8 Å². The zero-order chi connectivity index (χ0) is 16.0. The second-order valence-corrected chi connectivity index (χ2v) is 5.58. The van der Waals surface area contributed by atoms with Crippen LogP contribution in [0.3, 0.4) is 0 Å². The Bertz CT molecular complexity index is 474. The fourth-order valence-corrected chi connectivity index (χ4v) is 2.26. The minimum absolute atomic E-state index is 0.0805. The molecule has 0 aliphatic heterocycles. The second-order valence-electron chi connectivity index (χ2n) is 5.58. The number of aromatic nitrogens is 1. The number of nitrogens with one attached hydrogen (secondary N) is 1. The van der Waals surface area contributed by atoms with E-state index in [4.69, 9.17) is 0 Å². The summed E-state index contributed by atoms with van der Waals surface area (Å²) in [5.41, 5.74) is 0.918. The van der Waals surface area contributed by atoms with Crippen molar-refractivity contribution in [1.29, 1.82) is 0 Å². The molecule has 5 heteroatoms. The minimum atomic E-state index is -0.523. The Morgan fingerprint density at radius 3 is 2.29 bits per heavy atom. The fourth-order valence-electron chi connectivity index (χ4n) is 2.26. The van der Waals surface area contributed by atoms with E-state index >= 15 is 0 Å². The van der Waals surface area contributed by atoms with E-state index in [1.807, 2.05) is 32.9 Å². The van der Waals surface area contributed by atoms with Gasteiger partial charge in [0.25, 0.3) is 0 Å². The summed E-state index contributed by atoms with van der Waals surface area (Å²) in [7, 11) is 1.73. The number of carbonyl (C=O) groups excluding carboxylic acids is 2. The lowest BCUT2D eigenvalue weighted by molar-refractivity contribution is -0.135. The van der Waals surface area contributed by atoms with Crippen LogP contribution in [0, 0.1) is 5.92 Å². The predicted octanol–water partition coefficient (Wildman–Crippen LogP) is 1.80. The molecular weight excluding hydrogens is 266 g/mol. The summed E-state index contributed by atoms with van der Waals surface area (Å²) in [6, 6.07) is 3.16. The SMILES string of the molecule is CCN(C)C(=O)[C@H](C)NC(=O)[C@H](c1ccncc1)C(C)C. The van der Waals surface area contributed by atoms with Crippen molar-refractivity contribution in [3.63, 3.8) is 0 Å². The van der Waals surface area contributed by atoms with E-state index in [0.29, 0.717) is 6.54 Å². The van der Waals surface area contributed by atoms with Crippen LogP contribution >= 0.6 is 0 Å². The Morgan fingerprint density at radius 2 is 1.81 bits per heavy atom. The Kier molecular flexibility index (Phi) is 6.34. The summed E-state index contributed by atoms with van der Waals surface area (Å²) >= 11 is 0. The zero-order valence-electron chi connectivity index (χ0n) is 13.5. The van der Waals surface area contributed by atoms with Gasteiger partial charge in [0.15, 0.2) is 0 Å². The largest absolute Gasteiger partial charge is 0.344 e. The summed E-state index contributed by atoms with van der Waals surface area (Å²) < 4.78 is 0. The van der Waals surface area contributed by atoms with Crippen molar-refractivity contribution in [1.82, 2.24) is 15.2 Å². The summed E-state index contributed by atoms with van der Waals surface area (Å²) in [5.74, 6) is -0.349. The van der Waals surface area contributed by atoms with Crippen molar-refractivity contribution in [2.24, 2.45) is 5.92 Å². The number of pyridine rings is 1. The molecule has 1 heterocycles. The molecule has 1 aromatic heterocycles. The van der Waals surface area contributed by atoms with Crippen LogP contribution in [0.25, 0.3) is 0 Å². The van der Waals surface area contributed by atoms with Gasteiger partial charge in [-0.25, -0.2) is 0 Å². The van der Waals surface area contributed by atoms with E-state index < -0.39 is 6.04 Å². The molecule has 5 nitrogen and oxygen atoms in total. The highest BCUT2D eigenvalue weighted by molar-refractivity contribution is 5.90. The molecule has 0 radical (unpaired) electrons. The van der Waals surface area contributed by atoms with Gasteiger partial charge in [0.05, 0.1) is 5.92 Å². The predicted molar refractivity (Wildman–Crippen MR) is 82.7 cm³/mol. The molecule has 2 atom stereocenters. The molecule has 116 valence electrons. The van der Waals surface area contributed by atoms with Crippen LogP contribution in [0.5, 0.6) is 0 Å². The quantitative estimate of drug-likeness (QED) is 0.869. The lowest BCUT2D eigenvalue weighted by Crippen LogP contribution is -2.47. The van der Waals surface area contributed by atoms with E-state index in [1.165, 1.54) is 0 Å². The van der Waals surface area contributed by atoms with E-state index in [-0.39, 0.29) is 23.7 Å². The van der Waals surface area contributed by atoms with Crippen LogP contribution in [0.2, 0.25) is 0 Å². The lowest BCUT2D eigenvalue weighted by atomic mass is 9.88. The number of amides is 2. The first-order valence-corrected chi connectivity index (χ1v) is 7.33. The van der Waals surface area contributed by atoms with Crippen molar-refractivity contribution in [2.75, 3.05) is 13.6 Å². The van der Waals surface area contributed by atoms with Gasteiger partial charge in [0, 0.05) is 26.0 Å². The Balaban J connectivity index is 2.82. The van der Waals surface area contributed by atoms with E-state index in [0.717, 1.165) is 5.56 Å². The van der Waals surface area contributed by atoms with Crippen LogP contribution in [-0.2, 0) is 9.59 Å². The lowest BCUT2D eigenvalue weighted by Gasteiger charge is -2.25. The number of likely N-dealkylation sites (N-methyl/N-ethyl adjacent to an activating group) is 1. The van der Waals surface area contributed by atoms with Crippen LogP contribution in [0.4, 0.5) is 0 Å². The monoisotopic (exact) mass is 291 g/mol. The molecule has 0 fully saturated rings. The molecule has 0 bridgehead atoms. The normalized spacial score (nSPS) is 13.6. The standard InChI is InChI=1S/C16H25N3O2/c1-6-19(5)16(21)12(4)18-15(20)14(11(2)3)13-7-9-17-10-8-13/h7-12,14H,6H2,1-5H3,(H,18,20)/t12-,14-/m0/s1. The maximum absolute atomic E-state index is 12.5. The first kappa shape index (κ1) is 17.1. The first-order chi connectivity index (χ1) is 9.88. The van der Waals surface area contributed by atoms with Gasteiger partial charge in [-0.05, 0) is 37.5 Å². The van der Waals surface area contributed by atoms with Crippen molar-refractivity contribution in [2.45, 2.75) is 39.7 Å². The van der Waals surface area contributed by atoms with E-state index in [1.54, 1.807) is 31.3 Å². The summed E-state index contributed by atoms with van der Waals surface area (Å²) in [6.07, 6.45) is 3.36. The molecule has 0 unspecified atom stereocenters. The van der Waals surface area contributed by atoms with Gasteiger partial charge in [0.1, 0.15) is 6.04 Å². The Hall–Kier alpha value is -1.91. The zero-order valence-corrected chi connectivity index (χ0v) is 13.5. The van der Waals surface area contributed by atoms with Gasteiger partial charge < -0.3 is 10.2 Å². The van der Waals surface area contributed by atoms with Crippen molar-refractivity contribution < 1.29 is 9.59 Å². The third-order valence-corrected chi connectivity index (χ3v) is 3.59. The molecule has 1 rings (SSSR count). The Labute approximate surface area is 126 Å². The molecule has 1 aromatic rings. The molecule has 0 saturated heterocycles. The average molecular weight is 291 g/mol. The average Bonchev–Trinajstić information content (AvgIpc) is 2.46. The molecule has 1 N–H and O–H groups in total. The van der Waals surface area contributed by atoms with Crippen LogP contribution < -0.4 is 5.32 Å². The molecule has 0 aromatic carbocycles. The number of nitrogens with zero attached hydrogens (tertiary/aromatic N) is 2. The molecule has 0 aliphatic carbocycles. The highest BCUT2D eigenvalue weighted by atomic mass is 16.2. The highest BCUT2D eigenvalue weighted by Gasteiger charge is 2.27. The van der Waals surface area contributed by atoms with Crippen molar-refractivity contribution in [3.05, 3.63) is 30.1 Å². The topological polar surface area (TPSA) is 62.3 Å². The third kappa shape index (κ3) is 4.55. The minimum Gasteiger partial charge on any atom is -0.344 e. The maximum Gasteiger partial charge on any atom is 0.244 e.